The topological polar surface area (TPSA) is 25.8 Å². The Bertz CT molecular complexity index is 3220. The minimum atomic E-state index is -0.122. The van der Waals surface area contributed by atoms with Crippen LogP contribution in [0.4, 0.5) is 0 Å². The predicted molar refractivity (Wildman–Crippen MR) is 247 cm³/mol. The van der Waals surface area contributed by atoms with Gasteiger partial charge in [-0.25, -0.2) is 9.97 Å². The molecule has 0 radical (unpaired) electrons. The average Bonchev–Trinajstić information content (AvgIpc) is 3.52. The molecule has 9 aromatic carbocycles. The molecule has 59 heavy (non-hydrogen) atoms. The quantitative estimate of drug-likeness (QED) is 0.169. The van der Waals surface area contributed by atoms with Crippen molar-refractivity contribution in [3.63, 3.8) is 0 Å². The van der Waals surface area contributed by atoms with Gasteiger partial charge in [-0.1, -0.05) is 190 Å². The van der Waals surface area contributed by atoms with Crippen LogP contribution < -0.4 is 0 Å². The lowest BCUT2D eigenvalue weighted by molar-refractivity contribution is 0.661. The minimum Gasteiger partial charge on any atom is -0.228 e. The first kappa shape index (κ1) is 34.8. The van der Waals surface area contributed by atoms with E-state index in [0.29, 0.717) is 5.82 Å². The molecule has 0 bridgehead atoms. The molecule has 0 atom stereocenters. The molecule has 0 saturated carbocycles. The molecule has 1 aliphatic rings. The predicted octanol–water partition coefficient (Wildman–Crippen LogP) is 15.1. The van der Waals surface area contributed by atoms with E-state index in [4.69, 9.17) is 9.97 Å². The molecule has 0 aliphatic heterocycles. The molecule has 0 unspecified atom stereocenters. The van der Waals surface area contributed by atoms with Gasteiger partial charge in [0.25, 0.3) is 0 Å². The van der Waals surface area contributed by atoms with Gasteiger partial charge in [-0.05, 0) is 108 Å². The minimum absolute atomic E-state index is 0.122. The summed E-state index contributed by atoms with van der Waals surface area (Å²) in [6, 6.07) is 74.3. The lowest BCUT2D eigenvalue weighted by Gasteiger charge is -2.22. The second-order valence-electron chi connectivity index (χ2n) is 16.2. The zero-order chi connectivity index (χ0) is 39.5. The van der Waals surface area contributed by atoms with Gasteiger partial charge >= 0.3 is 0 Å². The van der Waals surface area contributed by atoms with Crippen LogP contribution in [-0.2, 0) is 5.41 Å². The Balaban J connectivity index is 1.04. The van der Waals surface area contributed by atoms with Crippen LogP contribution in [0.2, 0.25) is 0 Å². The molecule has 0 amide bonds. The van der Waals surface area contributed by atoms with E-state index < -0.39 is 0 Å². The van der Waals surface area contributed by atoms with Gasteiger partial charge in [-0.3, -0.25) is 0 Å². The maximum Gasteiger partial charge on any atom is 0.161 e. The molecule has 10 aromatic rings. The molecule has 278 valence electrons. The van der Waals surface area contributed by atoms with Crippen LogP contribution in [0.1, 0.15) is 25.0 Å². The normalized spacial score (nSPS) is 12.7. The molecule has 0 fully saturated rings. The summed E-state index contributed by atoms with van der Waals surface area (Å²) >= 11 is 0. The zero-order valence-corrected chi connectivity index (χ0v) is 33.0. The summed E-state index contributed by atoms with van der Waals surface area (Å²) in [4.78, 5) is 10.7. The van der Waals surface area contributed by atoms with Crippen LogP contribution in [0, 0.1) is 0 Å². The molecule has 0 saturated heterocycles. The van der Waals surface area contributed by atoms with E-state index in [1.165, 1.54) is 60.7 Å². The summed E-state index contributed by atoms with van der Waals surface area (Å²) in [5, 5.41) is 4.87. The van der Waals surface area contributed by atoms with E-state index in [2.05, 4.69) is 214 Å². The van der Waals surface area contributed by atoms with Crippen molar-refractivity contribution in [1.82, 2.24) is 9.97 Å². The molecular formula is C57H40N2. The second-order valence-corrected chi connectivity index (χ2v) is 16.2. The molecule has 2 nitrogen and oxygen atoms in total. The Morgan fingerprint density at radius 2 is 0.814 bits per heavy atom. The first-order chi connectivity index (χ1) is 29.0. The monoisotopic (exact) mass is 752 g/mol. The van der Waals surface area contributed by atoms with Gasteiger partial charge in [-0.2, -0.15) is 0 Å². The van der Waals surface area contributed by atoms with Crippen LogP contribution in [0.15, 0.2) is 206 Å². The largest absolute Gasteiger partial charge is 0.228 e. The van der Waals surface area contributed by atoms with E-state index in [9.17, 15) is 0 Å². The van der Waals surface area contributed by atoms with Gasteiger partial charge in [0, 0.05) is 22.1 Å². The number of hydrogen-bond donors (Lipinski definition) is 0. The van der Waals surface area contributed by atoms with Crippen molar-refractivity contribution in [2.24, 2.45) is 0 Å². The first-order valence-electron chi connectivity index (χ1n) is 20.4. The van der Waals surface area contributed by atoms with Crippen molar-refractivity contribution in [2.45, 2.75) is 19.3 Å². The zero-order valence-electron chi connectivity index (χ0n) is 33.0. The summed E-state index contributed by atoms with van der Waals surface area (Å²) in [7, 11) is 0. The van der Waals surface area contributed by atoms with Crippen LogP contribution in [0.3, 0.4) is 0 Å². The number of rotatable bonds is 6. The second kappa shape index (κ2) is 13.9. The van der Waals surface area contributed by atoms with Crippen molar-refractivity contribution < 1.29 is 0 Å². The van der Waals surface area contributed by atoms with Crippen LogP contribution in [0.25, 0.3) is 100.0 Å². The molecule has 0 spiro atoms. The van der Waals surface area contributed by atoms with Crippen LogP contribution >= 0.6 is 0 Å². The maximum absolute atomic E-state index is 5.40. The Morgan fingerprint density at radius 1 is 0.305 bits per heavy atom. The first-order valence-corrected chi connectivity index (χ1v) is 20.4. The highest BCUT2D eigenvalue weighted by atomic mass is 14.9. The molecular weight excluding hydrogens is 713 g/mol. The Hall–Kier alpha value is -7.42. The van der Waals surface area contributed by atoms with Crippen molar-refractivity contribution in [3.05, 3.63) is 217 Å². The molecule has 1 heterocycles. The fourth-order valence-corrected chi connectivity index (χ4v) is 9.23. The van der Waals surface area contributed by atoms with E-state index in [0.717, 1.165) is 44.6 Å². The maximum atomic E-state index is 5.40. The highest BCUT2D eigenvalue weighted by molar-refractivity contribution is 6.05. The SMILES string of the molecule is CC1(C)c2cc(-c3ccc(-c4nc(-c5ccccc5)cc(-c5ccccc5-c5ccc(-c6ccccc6)cc5)n4)c4ccccc34)ccc2-c2cc3ccccc3cc21. The number of fused-ring (bicyclic) bond motifs is 5. The number of benzene rings is 9. The van der Waals surface area contributed by atoms with Crippen molar-refractivity contribution in [2.75, 3.05) is 0 Å². The molecule has 1 aliphatic carbocycles. The molecule has 1 aromatic heterocycles. The summed E-state index contributed by atoms with van der Waals surface area (Å²) in [6.07, 6.45) is 0. The Kier molecular flexibility index (Phi) is 8.20. The van der Waals surface area contributed by atoms with Gasteiger partial charge in [0.1, 0.15) is 0 Å². The van der Waals surface area contributed by atoms with E-state index >= 15 is 0 Å². The van der Waals surface area contributed by atoms with Gasteiger partial charge in [0.15, 0.2) is 5.82 Å². The third-order valence-corrected chi connectivity index (χ3v) is 12.3. The Labute approximate surface area is 345 Å². The fraction of sp³-hybridized carbons (Fsp3) is 0.0526. The smallest absolute Gasteiger partial charge is 0.161 e. The molecule has 0 N–H and O–H groups in total. The van der Waals surface area contributed by atoms with Crippen LogP contribution in [0.5, 0.6) is 0 Å². The van der Waals surface area contributed by atoms with Gasteiger partial charge in [0.05, 0.1) is 11.4 Å². The highest BCUT2D eigenvalue weighted by Gasteiger charge is 2.36. The lowest BCUT2D eigenvalue weighted by atomic mass is 9.81. The van der Waals surface area contributed by atoms with E-state index in [1.54, 1.807) is 0 Å². The van der Waals surface area contributed by atoms with Crippen molar-refractivity contribution >= 4 is 21.5 Å². The third-order valence-electron chi connectivity index (χ3n) is 12.3. The molecule has 2 heteroatoms. The highest BCUT2D eigenvalue weighted by Crippen LogP contribution is 2.51. The molecule has 11 rings (SSSR count). The van der Waals surface area contributed by atoms with Crippen LogP contribution in [-0.4, -0.2) is 9.97 Å². The lowest BCUT2D eigenvalue weighted by Crippen LogP contribution is -2.15. The fourth-order valence-electron chi connectivity index (χ4n) is 9.23. The van der Waals surface area contributed by atoms with Gasteiger partial charge in [-0.15, -0.1) is 0 Å². The van der Waals surface area contributed by atoms with E-state index in [1.807, 2.05) is 6.07 Å². The average molecular weight is 753 g/mol. The summed E-state index contributed by atoms with van der Waals surface area (Å²) in [6.45, 7) is 4.73. The Morgan fingerprint density at radius 3 is 1.56 bits per heavy atom. The standard InChI is InChI=1S/C57H40N2/c1-57(2)52-35-43(29-30-48(52)51-33-41-19-9-10-20-42(41)34-53(51)57)45-31-32-50(47-23-13-12-22-46(45)47)56-58-54(40-17-7-4-8-18-40)36-55(59-56)49-24-14-11-21-44(49)39-27-25-38(26-28-39)37-15-5-3-6-16-37/h3-36H,1-2H3. The van der Waals surface area contributed by atoms with Crippen molar-refractivity contribution in [3.8, 4) is 78.4 Å². The van der Waals surface area contributed by atoms with E-state index in [-0.39, 0.29) is 5.41 Å². The summed E-state index contributed by atoms with van der Waals surface area (Å²) < 4.78 is 0. The number of hydrogen-bond acceptors (Lipinski definition) is 2. The third kappa shape index (κ3) is 5.96. The number of aromatic nitrogens is 2. The number of nitrogens with zero attached hydrogens (tertiary/aromatic N) is 2. The van der Waals surface area contributed by atoms with Gasteiger partial charge in [0.2, 0.25) is 0 Å². The summed E-state index contributed by atoms with van der Waals surface area (Å²) in [5.41, 5.74) is 17.3. The van der Waals surface area contributed by atoms with Gasteiger partial charge < -0.3 is 0 Å². The van der Waals surface area contributed by atoms with Crippen molar-refractivity contribution in [1.29, 1.82) is 0 Å². The summed E-state index contributed by atoms with van der Waals surface area (Å²) in [5.74, 6) is 0.705.